The third-order valence-corrected chi connectivity index (χ3v) is 4.26. The molecule has 2 aromatic carbocycles. The Labute approximate surface area is 124 Å². The van der Waals surface area contributed by atoms with Crippen molar-refractivity contribution in [3.63, 3.8) is 0 Å². The number of hydrogen-bond donors (Lipinski definition) is 1. The molecule has 1 fully saturated rings. The molecule has 1 saturated heterocycles. The molecule has 1 aliphatic rings. The van der Waals surface area contributed by atoms with Gasteiger partial charge in [0.25, 0.3) is 0 Å². The minimum absolute atomic E-state index is 0.180. The van der Waals surface area contributed by atoms with Crippen molar-refractivity contribution in [1.29, 1.82) is 0 Å². The van der Waals surface area contributed by atoms with Crippen LogP contribution in [0.15, 0.2) is 48.5 Å². The van der Waals surface area contributed by atoms with Crippen LogP contribution in [0.4, 0.5) is 8.78 Å². The minimum atomic E-state index is -0.224. The molecule has 0 saturated carbocycles. The molecular formula is C18H19F2N. The Morgan fingerprint density at radius 2 is 1.38 bits per heavy atom. The molecule has 0 bridgehead atoms. The molecule has 21 heavy (non-hydrogen) atoms. The van der Waals surface area contributed by atoms with Crippen LogP contribution < -0.4 is 5.32 Å². The Hall–Kier alpha value is -1.74. The standard InChI is InChI=1S/C18H19F2N/c19-16-7-3-13(4-8-16)18(15-2-1-11-21-12-15)14-5-9-17(20)10-6-14/h3-10,15,18,21H,1-2,11-12H2/t15-/m0/s1. The van der Waals surface area contributed by atoms with Crippen molar-refractivity contribution < 1.29 is 8.78 Å². The summed E-state index contributed by atoms with van der Waals surface area (Å²) in [5, 5.41) is 3.43. The highest BCUT2D eigenvalue weighted by Gasteiger charge is 2.26. The van der Waals surface area contributed by atoms with Gasteiger partial charge < -0.3 is 5.32 Å². The van der Waals surface area contributed by atoms with Crippen LogP contribution in [-0.4, -0.2) is 13.1 Å². The molecule has 1 N–H and O–H groups in total. The topological polar surface area (TPSA) is 12.0 Å². The van der Waals surface area contributed by atoms with Crippen LogP contribution >= 0.6 is 0 Å². The average Bonchev–Trinajstić information content (AvgIpc) is 2.52. The molecule has 1 atom stereocenters. The monoisotopic (exact) mass is 287 g/mol. The van der Waals surface area contributed by atoms with Crippen molar-refractivity contribution in [2.24, 2.45) is 5.92 Å². The first-order valence-electron chi connectivity index (χ1n) is 7.45. The second-order valence-electron chi connectivity index (χ2n) is 5.69. The van der Waals surface area contributed by atoms with E-state index in [9.17, 15) is 8.78 Å². The van der Waals surface area contributed by atoms with Gasteiger partial charge in [0.2, 0.25) is 0 Å². The molecule has 3 heteroatoms. The van der Waals surface area contributed by atoms with Crippen LogP contribution in [0, 0.1) is 17.6 Å². The first-order valence-corrected chi connectivity index (χ1v) is 7.45. The lowest BCUT2D eigenvalue weighted by atomic mass is 9.77. The molecule has 0 amide bonds. The van der Waals surface area contributed by atoms with Gasteiger partial charge >= 0.3 is 0 Å². The first kappa shape index (κ1) is 14.2. The van der Waals surface area contributed by atoms with Crippen molar-refractivity contribution >= 4 is 0 Å². The van der Waals surface area contributed by atoms with E-state index in [1.165, 1.54) is 24.3 Å². The van der Waals surface area contributed by atoms with E-state index < -0.39 is 0 Å². The van der Waals surface area contributed by atoms with E-state index in [0.717, 1.165) is 37.1 Å². The minimum Gasteiger partial charge on any atom is -0.316 e. The SMILES string of the molecule is Fc1ccc(C(c2ccc(F)cc2)[C@H]2CCCNC2)cc1. The maximum absolute atomic E-state index is 13.2. The van der Waals surface area contributed by atoms with Gasteiger partial charge in [-0.1, -0.05) is 24.3 Å². The summed E-state index contributed by atoms with van der Waals surface area (Å²) >= 11 is 0. The summed E-state index contributed by atoms with van der Waals surface area (Å²) in [5.74, 6) is 0.186. The number of hydrogen-bond acceptors (Lipinski definition) is 1. The zero-order chi connectivity index (χ0) is 14.7. The van der Waals surface area contributed by atoms with Gasteiger partial charge in [0, 0.05) is 5.92 Å². The quantitative estimate of drug-likeness (QED) is 0.896. The Bertz CT molecular complexity index is 526. The largest absolute Gasteiger partial charge is 0.316 e. The van der Waals surface area contributed by atoms with Crippen molar-refractivity contribution in [2.75, 3.05) is 13.1 Å². The zero-order valence-electron chi connectivity index (χ0n) is 11.9. The number of piperidine rings is 1. The second kappa shape index (κ2) is 6.35. The highest BCUT2D eigenvalue weighted by molar-refractivity contribution is 5.34. The summed E-state index contributed by atoms with van der Waals surface area (Å²) in [6.45, 7) is 2.00. The summed E-state index contributed by atoms with van der Waals surface area (Å²) in [7, 11) is 0. The van der Waals surface area contributed by atoms with Gasteiger partial charge in [0.1, 0.15) is 11.6 Å². The molecule has 0 unspecified atom stereocenters. The smallest absolute Gasteiger partial charge is 0.123 e. The maximum atomic E-state index is 13.2. The predicted octanol–water partition coefficient (Wildman–Crippen LogP) is 4.10. The summed E-state index contributed by atoms with van der Waals surface area (Å²) in [4.78, 5) is 0. The van der Waals surface area contributed by atoms with E-state index in [2.05, 4.69) is 5.32 Å². The van der Waals surface area contributed by atoms with Gasteiger partial charge in [-0.15, -0.1) is 0 Å². The predicted molar refractivity (Wildman–Crippen MR) is 80.2 cm³/mol. The van der Waals surface area contributed by atoms with Crippen LogP contribution in [-0.2, 0) is 0 Å². The molecule has 1 nitrogen and oxygen atoms in total. The molecule has 0 aromatic heterocycles. The summed E-state index contributed by atoms with van der Waals surface area (Å²) in [5.41, 5.74) is 2.19. The van der Waals surface area contributed by atoms with Crippen molar-refractivity contribution in [2.45, 2.75) is 18.8 Å². The molecule has 0 aliphatic carbocycles. The van der Waals surface area contributed by atoms with Crippen molar-refractivity contribution in [3.05, 3.63) is 71.3 Å². The fourth-order valence-electron chi connectivity index (χ4n) is 3.24. The lowest BCUT2D eigenvalue weighted by molar-refractivity contribution is 0.346. The van der Waals surface area contributed by atoms with Gasteiger partial charge in [0.15, 0.2) is 0 Å². The average molecular weight is 287 g/mol. The molecule has 0 radical (unpaired) electrons. The fourth-order valence-corrected chi connectivity index (χ4v) is 3.24. The van der Waals surface area contributed by atoms with Crippen molar-refractivity contribution in [1.82, 2.24) is 5.32 Å². The lowest BCUT2D eigenvalue weighted by Crippen LogP contribution is -2.33. The number of nitrogens with one attached hydrogen (secondary N) is 1. The summed E-state index contributed by atoms with van der Waals surface area (Å²) in [6.07, 6.45) is 2.27. The van der Waals surface area contributed by atoms with E-state index in [1.807, 2.05) is 24.3 Å². The maximum Gasteiger partial charge on any atom is 0.123 e. The highest BCUT2D eigenvalue weighted by atomic mass is 19.1. The van der Waals surface area contributed by atoms with E-state index in [4.69, 9.17) is 0 Å². The highest BCUT2D eigenvalue weighted by Crippen LogP contribution is 2.35. The number of rotatable bonds is 3. The molecule has 3 rings (SSSR count). The first-order chi connectivity index (χ1) is 10.2. The van der Waals surface area contributed by atoms with E-state index in [0.29, 0.717) is 5.92 Å². The molecular weight excluding hydrogens is 268 g/mol. The van der Waals surface area contributed by atoms with E-state index in [-0.39, 0.29) is 17.6 Å². The van der Waals surface area contributed by atoms with E-state index >= 15 is 0 Å². The third-order valence-electron chi connectivity index (χ3n) is 4.26. The third kappa shape index (κ3) is 3.30. The number of halogens is 2. The zero-order valence-corrected chi connectivity index (χ0v) is 11.9. The summed E-state index contributed by atoms with van der Waals surface area (Å²) in [6, 6.07) is 13.4. The molecule has 1 heterocycles. The van der Waals surface area contributed by atoms with Crippen LogP contribution in [0.1, 0.15) is 29.9 Å². The van der Waals surface area contributed by atoms with Crippen molar-refractivity contribution in [3.8, 4) is 0 Å². The molecule has 0 spiro atoms. The second-order valence-corrected chi connectivity index (χ2v) is 5.69. The Morgan fingerprint density at radius 1 is 0.857 bits per heavy atom. The summed E-state index contributed by atoms with van der Waals surface area (Å²) < 4.78 is 26.4. The Kier molecular flexibility index (Phi) is 4.30. The molecule has 2 aromatic rings. The normalized spacial score (nSPS) is 18.9. The number of benzene rings is 2. The molecule has 110 valence electrons. The lowest BCUT2D eigenvalue weighted by Gasteiger charge is -2.31. The van der Waals surface area contributed by atoms with Crippen LogP contribution in [0.2, 0.25) is 0 Å². The van der Waals surface area contributed by atoms with Crippen LogP contribution in [0.3, 0.4) is 0 Å². The van der Waals surface area contributed by atoms with Gasteiger partial charge in [-0.25, -0.2) is 8.78 Å². The van der Waals surface area contributed by atoms with Gasteiger partial charge in [-0.3, -0.25) is 0 Å². The molecule has 1 aliphatic heterocycles. The Balaban J connectivity index is 1.97. The fraction of sp³-hybridized carbons (Fsp3) is 0.333. The van der Waals surface area contributed by atoms with E-state index in [1.54, 1.807) is 0 Å². The van der Waals surface area contributed by atoms with Crippen LogP contribution in [0.5, 0.6) is 0 Å². The van der Waals surface area contributed by atoms with Gasteiger partial charge in [0.05, 0.1) is 0 Å². The Morgan fingerprint density at radius 3 is 1.81 bits per heavy atom. The van der Waals surface area contributed by atoms with Crippen LogP contribution in [0.25, 0.3) is 0 Å². The van der Waals surface area contributed by atoms with Gasteiger partial charge in [-0.05, 0) is 67.2 Å². The van der Waals surface area contributed by atoms with Gasteiger partial charge in [-0.2, -0.15) is 0 Å².